The van der Waals surface area contributed by atoms with Gasteiger partial charge in [0.1, 0.15) is 0 Å². The van der Waals surface area contributed by atoms with Crippen molar-refractivity contribution in [2.45, 2.75) is 31.7 Å². The summed E-state index contributed by atoms with van der Waals surface area (Å²) in [5.74, 6) is 2.78. The molecule has 25 heavy (non-hydrogen) atoms. The third-order valence-electron chi connectivity index (χ3n) is 5.65. The van der Waals surface area contributed by atoms with Crippen LogP contribution in [0.1, 0.15) is 37.3 Å². The summed E-state index contributed by atoms with van der Waals surface area (Å²) >= 11 is 1.92. The van der Waals surface area contributed by atoms with E-state index in [0.29, 0.717) is 6.54 Å². The Morgan fingerprint density at radius 1 is 0.880 bits per heavy atom. The van der Waals surface area contributed by atoms with E-state index in [1.807, 2.05) is 39.8 Å². The van der Waals surface area contributed by atoms with Crippen LogP contribution in [0.3, 0.4) is 0 Å². The van der Waals surface area contributed by atoms with Crippen LogP contribution in [0.5, 0.6) is 0 Å². The van der Waals surface area contributed by atoms with Crippen LogP contribution in [0.25, 0.3) is 0 Å². The fourth-order valence-corrected chi connectivity index (χ4v) is 4.95. The van der Waals surface area contributed by atoms with E-state index in [-0.39, 0.29) is 29.7 Å². The highest BCUT2D eigenvalue weighted by atomic mass is 32.2. The molecule has 0 bridgehead atoms. The van der Waals surface area contributed by atoms with Gasteiger partial charge in [0, 0.05) is 37.1 Å². The largest absolute Gasteiger partial charge is 0.341 e. The van der Waals surface area contributed by atoms with Crippen LogP contribution in [0.4, 0.5) is 0 Å². The summed E-state index contributed by atoms with van der Waals surface area (Å²) in [7, 11) is 0. The average Bonchev–Trinajstić information content (AvgIpc) is 3.53. The minimum atomic E-state index is -0.0224. The molecule has 3 fully saturated rings. The van der Waals surface area contributed by atoms with Gasteiger partial charge in [0.05, 0.1) is 12.0 Å². The molecule has 0 N–H and O–H groups in total. The number of amides is 2. The van der Waals surface area contributed by atoms with Gasteiger partial charge in [-0.05, 0) is 31.2 Å². The van der Waals surface area contributed by atoms with Crippen LogP contribution in [0.2, 0.25) is 0 Å². The maximum Gasteiger partial charge on any atom is 0.227 e. The van der Waals surface area contributed by atoms with Crippen LogP contribution in [0, 0.1) is 11.8 Å². The van der Waals surface area contributed by atoms with Gasteiger partial charge in [-0.3, -0.25) is 9.59 Å². The molecule has 1 aromatic rings. The molecule has 2 heterocycles. The lowest BCUT2D eigenvalue weighted by Gasteiger charge is -2.41. The van der Waals surface area contributed by atoms with Crippen molar-refractivity contribution >= 4 is 23.6 Å². The molecule has 2 amide bonds. The molecule has 1 aromatic carbocycles. The number of likely N-dealkylation sites (tertiary alicyclic amines) is 1. The van der Waals surface area contributed by atoms with Gasteiger partial charge < -0.3 is 9.80 Å². The number of carbonyl (C=O) groups is 2. The van der Waals surface area contributed by atoms with Gasteiger partial charge in [-0.15, -0.1) is 0 Å². The summed E-state index contributed by atoms with van der Waals surface area (Å²) in [4.78, 5) is 29.9. The van der Waals surface area contributed by atoms with Crippen molar-refractivity contribution in [1.82, 2.24) is 9.80 Å². The molecule has 0 radical (unpaired) electrons. The van der Waals surface area contributed by atoms with Gasteiger partial charge in [-0.1, -0.05) is 30.3 Å². The molecule has 2 atom stereocenters. The average molecular weight is 359 g/mol. The molecule has 4 rings (SSSR count). The van der Waals surface area contributed by atoms with E-state index in [1.165, 1.54) is 5.56 Å². The van der Waals surface area contributed by atoms with Gasteiger partial charge in [0.2, 0.25) is 11.8 Å². The van der Waals surface area contributed by atoms with E-state index in [2.05, 4.69) is 12.1 Å². The van der Waals surface area contributed by atoms with Crippen LogP contribution in [-0.4, -0.2) is 52.8 Å². The number of piperidine rings is 1. The van der Waals surface area contributed by atoms with Crippen molar-refractivity contribution in [1.29, 1.82) is 0 Å². The summed E-state index contributed by atoms with van der Waals surface area (Å²) in [6.45, 7) is 2.31. The molecule has 3 aliphatic rings. The number of hydrogen-bond donors (Lipinski definition) is 0. The van der Waals surface area contributed by atoms with Crippen molar-refractivity contribution in [3.63, 3.8) is 0 Å². The van der Waals surface area contributed by atoms with Gasteiger partial charge in [-0.25, -0.2) is 0 Å². The highest BCUT2D eigenvalue weighted by Crippen LogP contribution is 2.39. The first kappa shape index (κ1) is 17.0. The second-order valence-corrected chi connectivity index (χ2v) is 8.63. The second kappa shape index (κ2) is 7.40. The van der Waals surface area contributed by atoms with Crippen LogP contribution < -0.4 is 0 Å². The fraction of sp³-hybridized carbons (Fsp3) is 0.600. The van der Waals surface area contributed by atoms with Crippen LogP contribution in [-0.2, 0) is 9.59 Å². The maximum absolute atomic E-state index is 12.9. The highest BCUT2D eigenvalue weighted by Gasteiger charge is 2.42. The van der Waals surface area contributed by atoms with Crippen LogP contribution in [0.15, 0.2) is 30.3 Å². The smallest absolute Gasteiger partial charge is 0.227 e. The molecule has 1 saturated carbocycles. The molecule has 2 aliphatic heterocycles. The molecule has 1 aliphatic carbocycles. The molecular formula is C20H26N2O2S. The Kier molecular flexibility index (Phi) is 5.02. The van der Waals surface area contributed by atoms with E-state index in [4.69, 9.17) is 0 Å². The molecule has 0 aromatic heterocycles. The first-order chi connectivity index (χ1) is 12.2. The standard InChI is InChI=1S/C20H26N2O2S/c23-19(21-10-12-25-13-11-21)17-8-9-18(15-4-2-1-3-5-15)22(14-17)20(24)16-6-7-16/h1-5,16-18H,6-14H2. The zero-order valence-electron chi connectivity index (χ0n) is 14.6. The number of nitrogens with zero attached hydrogens (tertiary/aromatic N) is 2. The molecule has 2 unspecified atom stereocenters. The number of thioether (sulfide) groups is 1. The normalized spacial score (nSPS) is 27.2. The van der Waals surface area contributed by atoms with E-state index in [1.54, 1.807) is 0 Å². The fourth-order valence-electron chi connectivity index (χ4n) is 4.04. The predicted octanol–water partition coefficient (Wildman–Crippen LogP) is 2.95. The molecule has 0 spiro atoms. The second-order valence-electron chi connectivity index (χ2n) is 7.40. The van der Waals surface area contributed by atoms with Crippen molar-refractivity contribution in [3.05, 3.63) is 35.9 Å². The first-order valence-corrected chi connectivity index (χ1v) is 10.6. The molecular weight excluding hydrogens is 332 g/mol. The quantitative estimate of drug-likeness (QED) is 0.834. The third kappa shape index (κ3) is 3.71. The lowest BCUT2D eigenvalue weighted by molar-refractivity contribution is -0.144. The third-order valence-corrected chi connectivity index (χ3v) is 6.59. The number of hydrogen-bond acceptors (Lipinski definition) is 3. The van der Waals surface area contributed by atoms with Gasteiger partial charge in [0.25, 0.3) is 0 Å². The lowest BCUT2D eigenvalue weighted by atomic mass is 9.87. The molecule has 2 saturated heterocycles. The zero-order chi connectivity index (χ0) is 17.2. The molecule has 134 valence electrons. The summed E-state index contributed by atoms with van der Waals surface area (Å²) in [5.41, 5.74) is 1.21. The highest BCUT2D eigenvalue weighted by molar-refractivity contribution is 7.99. The van der Waals surface area contributed by atoms with E-state index >= 15 is 0 Å². The van der Waals surface area contributed by atoms with Crippen molar-refractivity contribution in [2.24, 2.45) is 11.8 Å². The Labute approximate surface area is 153 Å². The monoisotopic (exact) mass is 358 g/mol. The summed E-state index contributed by atoms with van der Waals surface area (Å²) in [6.07, 6.45) is 3.80. The van der Waals surface area contributed by atoms with Crippen molar-refractivity contribution < 1.29 is 9.59 Å². The molecule has 4 nitrogen and oxygen atoms in total. The van der Waals surface area contributed by atoms with E-state index in [9.17, 15) is 9.59 Å². The first-order valence-electron chi connectivity index (χ1n) is 9.46. The predicted molar refractivity (Wildman–Crippen MR) is 100 cm³/mol. The number of rotatable bonds is 3. The van der Waals surface area contributed by atoms with E-state index < -0.39 is 0 Å². The SMILES string of the molecule is O=C(C1CCC(c2ccccc2)N(C(=O)C2CC2)C1)N1CCSCC1. The lowest BCUT2D eigenvalue weighted by Crippen LogP contribution is -2.49. The van der Waals surface area contributed by atoms with Crippen LogP contribution >= 0.6 is 11.8 Å². The van der Waals surface area contributed by atoms with Crippen molar-refractivity contribution in [2.75, 3.05) is 31.1 Å². The topological polar surface area (TPSA) is 40.6 Å². The van der Waals surface area contributed by atoms with Crippen molar-refractivity contribution in [3.8, 4) is 0 Å². The number of carbonyl (C=O) groups excluding carboxylic acids is 2. The Balaban J connectivity index is 1.51. The number of benzene rings is 1. The minimum Gasteiger partial charge on any atom is -0.341 e. The summed E-state index contributed by atoms with van der Waals surface area (Å²) in [6, 6.07) is 10.5. The Morgan fingerprint density at radius 3 is 2.24 bits per heavy atom. The summed E-state index contributed by atoms with van der Waals surface area (Å²) in [5, 5.41) is 0. The maximum atomic E-state index is 12.9. The van der Waals surface area contributed by atoms with Gasteiger partial charge in [0.15, 0.2) is 0 Å². The van der Waals surface area contributed by atoms with Gasteiger partial charge >= 0.3 is 0 Å². The minimum absolute atomic E-state index is 0.0224. The van der Waals surface area contributed by atoms with Gasteiger partial charge in [-0.2, -0.15) is 11.8 Å². The Morgan fingerprint density at radius 2 is 1.56 bits per heavy atom. The zero-order valence-corrected chi connectivity index (χ0v) is 15.4. The Hall–Kier alpha value is -1.49. The summed E-state index contributed by atoms with van der Waals surface area (Å²) < 4.78 is 0. The molecule has 5 heteroatoms. The Bertz CT molecular complexity index is 626. The van der Waals surface area contributed by atoms with E-state index in [0.717, 1.165) is 50.3 Å².